The Morgan fingerprint density at radius 1 is 1.43 bits per heavy atom. The highest BCUT2D eigenvalue weighted by Crippen LogP contribution is 2.19. The average Bonchev–Trinajstić information content (AvgIpc) is 2.59. The highest BCUT2D eigenvalue weighted by molar-refractivity contribution is 5.94. The third-order valence-corrected chi connectivity index (χ3v) is 3.99. The van der Waals surface area contributed by atoms with Crippen LogP contribution in [0.3, 0.4) is 0 Å². The molecule has 1 aliphatic heterocycles. The molecular formula is C16H24N4O3. The lowest BCUT2D eigenvalue weighted by Crippen LogP contribution is -2.45. The van der Waals surface area contributed by atoms with Crippen LogP contribution in [0, 0.1) is 0 Å². The molecule has 1 atom stereocenters. The van der Waals surface area contributed by atoms with Crippen LogP contribution in [-0.4, -0.2) is 65.1 Å². The number of likely N-dealkylation sites (tertiary alicyclic amines) is 1. The molecule has 0 aliphatic carbocycles. The number of rotatable bonds is 4. The summed E-state index contributed by atoms with van der Waals surface area (Å²) < 4.78 is 0. The summed E-state index contributed by atoms with van der Waals surface area (Å²) in [5.74, 6) is -0.0914. The Hall–Kier alpha value is -2.15. The molecule has 126 valence electrons. The molecule has 1 aromatic heterocycles. The van der Waals surface area contributed by atoms with Gasteiger partial charge in [-0.15, -0.1) is 0 Å². The summed E-state index contributed by atoms with van der Waals surface area (Å²) in [6.07, 6.45) is 4.40. The van der Waals surface area contributed by atoms with Crippen molar-refractivity contribution in [3.05, 3.63) is 29.6 Å². The van der Waals surface area contributed by atoms with E-state index in [0.717, 1.165) is 19.3 Å². The normalized spacial score (nSPS) is 17.7. The lowest BCUT2D eigenvalue weighted by Gasteiger charge is -2.34. The molecule has 1 aromatic rings. The van der Waals surface area contributed by atoms with E-state index in [1.165, 1.54) is 4.90 Å². The van der Waals surface area contributed by atoms with E-state index in [1.54, 1.807) is 37.3 Å². The smallest absolute Gasteiger partial charge is 0.317 e. The van der Waals surface area contributed by atoms with Crippen LogP contribution in [0.5, 0.6) is 0 Å². The summed E-state index contributed by atoms with van der Waals surface area (Å²) in [4.78, 5) is 31.6. The van der Waals surface area contributed by atoms with E-state index in [0.29, 0.717) is 17.8 Å². The largest absolute Gasteiger partial charge is 0.394 e. The third kappa shape index (κ3) is 4.41. The van der Waals surface area contributed by atoms with Gasteiger partial charge in [-0.2, -0.15) is 0 Å². The van der Waals surface area contributed by atoms with Gasteiger partial charge in [0, 0.05) is 32.4 Å². The van der Waals surface area contributed by atoms with Crippen LogP contribution in [0.4, 0.5) is 4.79 Å². The van der Waals surface area contributed by atoms with Crippen LogP contribution >= 0.6 is 0 Å². The molecule has 7 heteroatoms. The topological polar surface area (TPSA) is 85.8 Å². The summed E-state index contributed by atoms with van der Waals surface area (Å²) in [6, 6.07) is 3.05. The van der Waals surface area contributed by atoms with Crippen LogP contribution in [0.1, 0.15) is 35.3 Å². The number of carbonyl (C=O) groups excluding carboxylic acids is 2. The lowest BCUT2D eigenvalue weighted by atomic mass is 10.0. The Bertz CT molecular complexity index is 562. The molecule has 1 saturated heterocycles. The molecule has 2 heterocycles. The molecule has 0 bridgehead atoms. The first kappa shape index (κ1) is 17.2. The predicted octanol–water partition coefficient (Wildman–Crippen LogP) is 0.840. The first-order valence-electron chi connectivity index (χ1n) is 7.85. The van der Waals surface area contributed by atoms with Crippen LogP contribution in [0.25, 0.3) is 0 Å². The van der Waals surface area contributed by atoms with Crippen molar-refractivity contribution in [2.45, 2.75) is 31.8 Å². The minimum atomic E-state index is -0.208. The summed E-state index contributed by atoms with van der Waals surface area (Å²) in [7, 11) is 3.32. The number of nitrogens with one attached hydrogen (secondary N) is 1. The van der Waals surface area contributed by atoms with Crippen molar-refractivity contribution in [3.63, 3.8) is 0 Å². The van der Waals surface area contributed by atoms with Crippen molar-refractivity contribution in [2.24, 2.45) is 0 Å². The molecular weight excluding hydrogens is 296 g/mol. The van der Waals surface area contributed by atoms with Crippen molar-refractivity contribution in [2.75, 3.05) is 27.2 Å². The minimum Gasteiger partial charge on any atom is -0.394 e. The van der Waals surface area contributed by atoms with Crippen molar-refractivity contribution in [3.8, 4) is 0 Å². The maximum absolute atomic E-state index is 12.7. The van der Waals surface area contributed by atoms with Crippen molar-refractivity contribution < 1.29 is 14.7 Å². The molecule has 0 radical (unpaired) electrons. The summed E-state index contributed by atoms with van der Waals surface area (Å²) >= 11 is 0. The monoisotopic (exact) mass is 320 g/mol. The van der Waals surface area contributed by atoms with Crippen molar-refractivity contribution in [1.82, 2.24) is 20.1 Å². The second kappa shape index (κ2) is 7.92. The van der Waals surface area contributed by atoms with Gasteiger partial charge in [0.1, 0.15) is 0 Å². The Morgan fingerprint density at radius 3 is 2.91 bits per heavy atom. The number of hydrogen-bond acceptors (Lipinski definition) is 4. The molecule has 2 N–H and O–H groups in total. The van der Waals surface area contributed by atoms with Gasteiger partial charge in [-0.1, -0.05) is 0 Å². The highest BCUT2D eigenvalue weighted by Gasteiger charge is 2.27. The zero-order chi connectivity index (χ0) is 16.8. The number of amides is 3. The fourth-order valence-electron chi connectivity index (χ4n) is 2.66. The van der Waals surface area contributed by atoms with Gasteiger partial charge in [0.2, 0.25) is 0 Å². The third-order valence-electron chi connectivity index (χ3n) is 3.99. The van der Waals surface area contributed by atoms with Gasteiger partial charge in [-0.3, -0.25) is 9.78 Å². The van der Waals surface area contributed by atoms with Gasteiger partial charge in [-0.25, -0.2) is 4.79 Å². The first-order chi connectivity index (χ1) is 11.0. The molecule has 7 nitrogen and oxygen atoms in total. The summed E-state index contributed by atoms with van der Waals surface area (Å²) in [5, 5.41) is 12.2. The average molecular weight is 320 g/mol. The number of hydrogen-bond donors (Lipinski definition) is 2. The number of aliphatic hydroxyl groups excluding tert-OH is 1. The van der Waals surface area contributed by atoms with Gasteiger partial charge >= 0.3 is 6.03 Å². The number of aromatic nitrogens is 1. The van der Waals surface area contributed by atoms with E-state index in [-0.39, 0.29) is 31.1 Å². The van der Waals surface area contributed by atoms with E-state index in [9.17, 15) is 14.7 Å². The fourth-order valence-corrected chi connectivity index (χ4v) is 2.66. The quantitative estimate of drug-likeness (QED) is 0.861. The van der Waals surface area contributed by atoms with Gasteiger partial charge in [0.25, 0.3) is 5.91 Å². The molecule has 1 fully saturated rings. The number of nitrogens with zero attached hydrogens (tertiary/aromatic N) is 3. The Morgan fingerprint density at radius 2 is 2.22 bits per heavy atom. The van der Waals surface area contributed by atoms with Crippen molar-refractivity contribution in [1.29, 1.82) is 0 Å². The van der Waals surface area contributed by atoms with Gasteiger partial charge < -0.3 is 20.2 Å². The lowest BCUT2D eigenvalue weighted by molar-refractivity contribution is 0.0503. The van der Waals surface area contributed by atoms with Gasteiger partial charge in [0.05, 0.1) is 24.9 Å². The fraction of sp³-hybridized carbons (Fsp3) is 0.562. The molecule has 0 spiro atoms. The van der Waals surface area contributed by atoms with E-state index in [4.69, 9.17) is 0 Å². The van der Waals surface area contributed by atoms with Crippen LogP contribution in [-0.2, 0) is 6.54 Å². The van der Waals surface area contributed by atoms with E-state index >= 15 is 0 Å². The summed E-state index contributed by atoms with van der Waals surface area (Å²) in [6.45, 7) is 0.920. The van der Waals surface area contributed by atoms with E-state index < -0.39 is 0 Å². The van der Waals surface area contributed by atoms with Crippen LogP contribution in [0.15, 0.2) is 18.3 Å². The van der Waals surface area contributed by atoms with Gasteiger partial charge in [0.15, 0.2) is 0 Å². The van der Waals surface area contributed by atoms with Crippen LogP contribution in [0.2, 0.25) is 0 Å². The Kier molecular flexibility index (Phi) is 5.92. The zero-order valence-corrected chi connectivity index (χ0v) is 13.7. The number of aliphatic hydroxyl groups is 1. The molecule has 1 aliphatic rings. The highest BCUT2D eigenvalue weighted by atomic mass is 16.3. The SMILES string of the molecule is CN(C)C(=O)NCc1cc(C(=O)N2CCCCC2CO)ccn1. The second-order valence-corrected chi connectivity index (χ2v) is 5.92. The van der Waals surface area contributed by atoms with Crippen molar-refractivity contribution >= 4 is 11.9 Å². The second-order valence-electron chi connectivity index (χ2n) is 5.92. The number of urea groups is 1. The maximum atomic E-state index is 12.7. The Labute approximate surface area is 136 Å². The predicted molar refractivity (Wildman–Crippen MR) is 85.9 cm³/mol. The maximum Gasteiger partial charge on any atom is 0.317 e. The molecule has 0 aromatic carbocycles. The molecule has 1 unspecified atom stereocenters. The summed E-state index contributed by atoms with van der Waals surface area (Å²) in [5.41, 5.74) is 1.16. The van der Waals surface area contributed by atoms with Gasteiger partial charge in [-0.05, 0) is 31.4 Å². The molecule has 3 amide bonds. The zero-order valence-electron chi connectivity index (χ0n) is 13.7. The Balaban J connectivity index is 2.06. The number of carbonyl (C=O) groups is 2. The molecule has 23 heavy (non-hydrogen) atoms. The van der Waals surface area contributed by atoms with Crippen LogP contribution < -0.4 is 5.32 Å². The van der Waals surface area contributed by atoms with E-state index in [1.807, 2.05) is 0 Å². The first-order valence-corrected chi connectivity index (χ1v) is 7.85. The van der Waals surface area contributed by atoms with E-state index in [2.05, 4.69) is 10.3 Å². The minimum absolute atomic E-state index is 0.0113. The molecule has 0 saturated carbocycles. The number of piperidine rings is 1. The standard InChI is InChI=1S/C16H24N4O3/c1-19(2)16(23)18-10-13-9-12(6-7-17-13)15(22)20-8-4-3-5-14(20)11-21/h6-7,9,14,21H,3-5,8,10-11H2,1-2H3,(H,18,23). The number of pyridine rings is 1. The molecule has 2 rings (SSSR count).